The summed E-state index contributed by atoms with van der Waals surface area (Å²) in [6, 6.07) is 13.4. The lowest BCUT2D eigenvalue weighted by Crippen LogP contribution is -2.13. The summed E-state index contributed by atoms with van der Waals surface area (Å²) in [5.74, 6) is 1.16. The number of methoxy groups -OCH3 is 2. The fourth-order valence-corrected chi connectivity index (χ4v) is 2.56. The molecule has 4 nitrogen and oxygen atoms in total. The van der Waals surface area contributed by atoms with E-state index in [1.165, 1.54) is 0 Å². The van der Waals surface area contributed by atoms with Crippen LogP contribution in [0.2, 0.25) is 0 Å². The van der Waals surface area contributed by atoms with Gasteiger partial charge in [0.15, 0.2) is 0 Å². The normalized spacial score (nSPS) is 10.1. The minimum absolute atomic E-state index is 0.0634. The van der Waals surface area contributed by atoms with Crippen LogP contribution in [0.15, 0.2) is 46.9 Å². The van der Waals surface area contributed by atoms with Gasteiger partial charge in [-0.3, -0.25) is 4.79 Å². The van der Waals surface area contributed by atoms with Crippen LogP contribution in [0.5, 0.6) is 11.5 Å². The molecule has 2 rings (SSSR count). The Kier molecular flexibility index (Phi) is 5.83. The number of rotatable bonds is 6. The summed E-state index contributed by atoms with van der Waals surface area (Å²) in [7, 11) is 3.14. The lowest BCUT2D eigenvalue weighted by molar-refractivity contribution is -0.116. The molecule has 0 bridgehead atoms. The van der Waals surface area contributed by atoms with E-state index in [2.05, 4.69) is 21.2 Å². The lowest BCUT2D eigenvalue weighted by atomic mass is 10.1. The molecule has 0 atom stereocenters. The second-order valence-electron chi connectivity index (χ2n) is 4.72. The highest BCUT2D eigenvalue weighted by molar-refractivity contribution is 9.10. The summed E-state index contributed by atoms with van der Waals surface area (Å²) in [5, 5.41) is 2.87. The standard InChI is InChI=1S/C17H18BrNO3/c1-21-15-11-14(16(22-2)10-13(15)18)19-17(20)9-8-12-6-4-3-5-7-12/h3-7,10-11H,8-9H2,1-2H3,(H,19,20). The predicted molar refractivity (Wildman–Crippen MR) is 90.6 cm³/mol. The maximum atomic E-state index is 12.1. The van der Waals surface area contributed by atoms with Gasteiger partial charge >= 0.3 is 0 Å². The Morgan fingerprint density at radius 1 is 1.09 bits per heavy atom. The van der Waals surface area contributed by atoms with Crippen molar-refractivity contribution in [1.29, 1.82) is 0 Å². The molecular weight excluding hydrogens is 346 g/mol. The molecule has 0 fully saturated rings. The van der Waals surface area contributed by atoms with Crippen molar-refractivity contribution in [2.75, 3.05) is 19.5 Å². The van der Waals surface area contributed by atoms with Gasteiger partial charge in [0, 0.05) is 18.6 Å². The molecule has 2 aromatic rings. The van der Waals surface area contributed by atoms with E-state index in [1.807, 2.05) is 30.3 Å². The number of benzene rings is 2. The first kappa shape index (κ1) is 16.4. The van der Waals surface area contributed by atoms with Crippen molar-refractivity contribution in [2.24, 2.45) is 0 Å². The molecule has 1 N–H and O–H groups in total. The lowest BCUT2D eigenvalue weighted by Gasteiger charge is -2.13. The largest absolute Gasteiger partial charge is 0.495 e. The summed E-state index contributed by atoms with van der Waals surface area (Å²) in [4.78, 5) is 12.1. The summed E-state index contributed by atoms with van der Waals surface area (Å²) in [6.07, 6.45) is 1.11. The maximum Gasteiger partial charge on any atom is 0.224 e. The molecule has 0 saturated heterocycles. The predicted octanol–water partition coefficient (Wildman–Crippen LogP) is 4.04. The second kappa shape index (κ2) is 7.84. The topological polar surface area (TPSA) is 47.6 Å². The molecule has 0 aliphatic rings. The van der Waals surface area contributed by atoms with Gasteiger partial charge in [-0.1, -0.05) is 30.3 Å². The molecule has 116 valence electrons. The zero-order valence-corrected chi connectivity index (χ0v) is 14.1. The third-order valence-electron chi connectivity index (χ3n) is 3.23. The molecule has 0 spiro atoms. The van der Waals surface area contributed by atoms with Crippen LogP contribution in [0.4, 0.5) is 5.69 Å². The van der Waals surface area contributed by atoms with Crippen LogP contribution in [-0.4, -0.2) is 20.1 Å². The van der Waals surface area contributed by atoms with Crippen LogP contribution in [0.3, 0.4) is 0 Å². The molecule has 0 radical (unpaired) electrons. The van der Waals surface area contributed by atoms with Gasteiger partial charge in [0.25, 0.3) is 0 Å². The van der Waals surface area contributed by atoms with Gasteiger partial charge in [-0.25, -0.2) is 0 Å². The number of amides is 1. The molecule has 0 saturated carbocycles. The zero-order chi connectivity index (χ0) is 15.9. The van der Waals surface area contributed by atoms with Crippen molar-refractivity contribution in [1.82, 2.24) is 0 Å². The van der Waals surface area contributed by atoms with Gasteiger partial charge in [0.05, 0.1) is 24.4 Å². The highest BCUT2D eigenvalue weighted by atomic mass is 79.9. The van der Waals surface area contributed by atoms with Gasteiger partial charge in [0.1, 0.15) is 11.5 Å². The third-order valence-corrected chi connectivity index (χ3v) is 3.85. The zero-order valence-electron chi connectivity index (χ0n) is 12.6. The van der Waals surface area contributed by atoms with Gasteiger partial charge < -0.3 is 14.8 Å². The smallest absolute Gasteiger partial charge is 0.224 e. The number of hydrogen-bond acceptors (Lipinski definition) is 3. The fraction of sp³-hybridized carbons (Fsp3) is 0.235. The summed E-state index contributed by atoms with van der Waals surface area (Å²) in [5.41, 5.74) is 1.73. The Morgan fingerprint density at radius 2 is 1.77 bits per heavy atom. The van der Waals surface area contributed by atoms with E-state index in [0.29, 0.717) is 30.0 Å². The molecule has 0 heterocycles. The van der Waals surface area contributed by atoms with E-state index in [9.17, 15) is 4.79 Å². The Hall–Kier alpha value is -2.01. The Bertz CT molecular complexity index is 644. The van der Waals surface area contributed by atoms with Crippen molar-refractivity contribution < 1.29 is 14.3 Å². The molecular formula is C17H18BrNO3. The van der Waals surface area contributed by atoms with E-state index in [0.717, 1.165) is 10.0 Å². The van der Waals surface area contributed by atoms with Crippen LogP contribution in [0.1, 0.15) is 12.0 Å². The number of carbonyl (C=O) groups is 1. The van der Waals surface area contributed by atoms with Crippen LogP contribution in [-0.2, 0) is 11.2 Å². The van der Waals surface area contributed by atoms with Crippen LogP contribution in [0.25, 0.3) is 0 Å². The minimum atomic E-state index is -0.0634. The molecule has 0 aliphatic heterocycles. The van der Waals surface area contributed by atoms with Gasteiger partial charge in [-0.05, 0) is 27.9 Å². The average molecular weight is 364 g/mol. The number of hydrogen-bond donors (Lipinski definition) is 1. The average Bonchev–Trinajstić information content (AvgIpc) is 2.55. The summed E-state index contributed by atoms with van der Waals surface area (Å²) < 4.78 is 11.3. The number of nitrogens with one attached hydrogen (secondary N) is 1. The van der Waals surface area contributed by atoms with Crippen molar-refractivity contribution >= 4 is 27.5 Å². The SMILES string of the molecule is COc1cc(NC(=O)CCc2ccccc2)c(OC)cc1Br. The monoisotopic (exact) mass is 363 g/mol. The molecule has 2 aromatic carbocycles. The first-order valence-electron chi connectivity index (χ1n) is 6.89. The van der Waals surface area contributed by atoms with Crippen LogP contribution < -0.4 is 14.8 Å². The first-order chi connectivity index (χ1) is 10.6. The van der Waals surface area contributed by atoms with Crippen molar-refractivity contribution in [2.45, 2.75) is 12.8 Å². The highest BCUT2D eigenvalue weighted by Crippen LogP contribution is 2.36. The Labute approximate surface area is 138 Å². The van der Waals surface area contributed by atoms with Crippen molar-refractivity contribution in [3.05, 3.63) is 52.5 Å². The molecule has 1 amide bonds. The summed E-state index contributed by atoms with van der Waals surface area (Å²) in [6.45, 7) is 0. The number of aryl methyl sites for hydroxylation is 1. The number of anilines is 1. The molecule has 0 aromatic heterocycles. The molecule has 0 unspecified atom stereocenters. The Morgan fingerprint density at radius 3 is 2.41 bits per heavy atom. The quantitative estimate of drug-likeness (QED) is 0.842. The van der Waals surface area contributed by atoms with Gasteiger partial charge in [-0.15, -0.1) is 0 Å². The van der Waals surface area contributed by atoms with Crippen molar-refractivity contribution in [3.63, 3.8) is 0 Å². The second-order valence-corrected chi connectivity index (χ2v) is 5.58. The van der Waals surface area contributed by atoms with Gasteiger partial charge in [0.2, 0.25) is 5.91 Å². The minimum Gasteiger partial charge on any atom is -0.495 e. The van der Waals surface area contributed by atoms with E-state index in [4.69, 9.17) is 9.47 Å². The number of carbonyl (C=O) groups excluding carboxylic acids is 1. The van der Waals surface area contributed by atoms with E-state index in [-0.39, 0.29) is 5.91 Å². The third kappa shape index (κ3) is 4.24. The van der Waals surface area contributed by atoms with E-state index < -0.39 is 0 Å². The van der Waals surface area contributed by atoms with Gasteiger partial charge in [-0.2, -0.15) is 0 Å². The molecule has 0 aliphatic carbocycles. The highest BCUT2D eigenvalue weighted by Gasteiger charge is 2.12. The number of halogens is 1. The number of ether oxygens (including phenoxy) is 2. The van der Waals surface area contributed by atoms with E-state index in [1.54, 1.807) is 26.4 Å². The van der Waals surface area contributed by atoms with Crippen molar-refractivity contribution in [3.8, 4) is 11.5 Å². The summed E-state index contributed by atoms with van der Waals surface area (Å²) >= 11 is 3.39. The maximum absolute atomic E-state index is 12.1. The molecule has 5 heteroatoms. The van der Waals surface area contributed by atoms with Crippen LogP contribution >= 0.6 is 15.9 Å². The van der Waals surface area contributed by atoms with E-state index >= 15 is 0 Å². The molecule has 22 heavy (non-hydrogen) atoms. The fourth-order valence-electron chi connectivity index (χ4n) is 2.07. The Balaban J connectivity index is 2.04. The van der Waals surface area contributed by atoms with Crippen LogP contribution in [0, 0.1) is 0 Å². The first-order valence-corrected chi connectivity index (χ1v) is 7.68.